The molecule has 0 saturated heterocycles. The van der Waals surface area contributed by atoms with Crippen LogP contribution >= 0.6 is 0 Å². The number of pyridine rings is 1. The highest BCUT2D eigenvalue weighted by Crippen LogP contribution is 2.26. The highest BCUT2D eigenvalue weighted by molar-refractivity contribution is 5.41. The first kappa shape index (κ1) is 13.3. The van der Waals surface area contributed by atoms with Crippen LogP contribution in [0.5, 0.6) is 0 Å². The van der Waals surface area contributed by atoms with Gasteiger partial charge in [-0.3, -0.25) is 0 Å². The summed E-state index contributed by atoms with van der Waals surface area (Å²) in [5.41, 5.74) is 1.19. The molecule has 18 heavy (non-hydrogen) atoms. The number of hydrogen-bond acceptors (Lipinski definition) is 4. The molecule has 0 aliphatic heterocycles. The topological polar surface area (TPSA) is 48.4 Å². The molecule has 100 valence electrons. The molecule has 1 heterocycles. The van der Waals surface area contributed by atoms with Gasteiger partial charge in [0, 0.05) is 25.3 Å². The van der Waals surface area contributed by atoms with Crippen molar-refractivity contribution in [3.63, 3.8) is 0 Å². The van der Waals surface area contributed by atoms with Gasteiger partial charge in [-0.05, 0) is 31.5 Å². The van der Waals surface area contributed by atoms with Crippen molar-refractivity contribution in [3.8, 4) is 0 Å². The van der Waals surface area contributed by atoms with Gasteiger partial charge in [-0.25, -0.2) is 4.98 Å². The van der Waals surface area contributed by atoms with Crippen LogP contribution in [0.15, 0.2) is 18.3 Å². The molecule has 1 aromatic rings. The summed E-state index contributed by atoms with van der Waals surface area (Å²) < 4.78 is 0. The fourth-order valence-corrected chi connectivity index (χ4v) is 2.70. The highest BCUT2D eigenvalue weighted by Gasteiger charge is 2.23. The second-order valence-corrected chi connectivity index (χ2v) is 4.91. The van der Waals surface area contributed by atoms with Crippen LogP contribution in [-0.4, -0.2) is 36.3 Å². The third-order valence-electron chi connectivity index (χ3n) is 3.59. The molecule has 0 aromatic carbocycles. The van der Waals surface area contributed by atoms with Crippen molar-refractivity contribution in [2.24, 2.45) is 0 Å². The average molecular weight is 249 g/mol. The lowest BCUT2D eigenvalue weighted by Crippen LogP contribution is -2.36. The Bertz CT molecular complexity index is 347. The Balaban J connectivity index is 2.09. The van der Waals surface area contributed by atoms with Crippen molar-refractivity contribution in [2.45, 2.75) is 38.3 Å². The molecule has 0 unspecified atom stereocenters. The lowest BCUT2D eigenvalue weighted by atomic mass is 10.2. The van der Waals surface area contributed by atoms with Crippen molar-refractivity contribution in [1.29, 1.82) is 0 Å². The Morgan fingerprint density at radius 2 is 2.17 bits per heavy atom. The quantitative estimate of drug-likeness (QED) is 0.803. The van der Waals surface area contributed by atoms with Gasteiger partial charge >= 0.3 is 0 Å². The molecule has 4 heteroatoms. The van der Waals surface area contributed by atoms with E-state index in [1.807, 2.05) is 13.2 Å². The van der Waals surface area contributed by atoms with Gasteiger partial charge in [0.15, 0.2) is 0 Å². The maximum Gasteiger partial charge on any atom is 0.128 e. The predicted octanol–water partition coefficient (Wildman–Crippen LogP) is 1.54. The molecular formula is C14H23N3O. The maximum absolute atomic E-state index is 9.22. The lowest BCUT2D eigenvalue weighted by molar-refractivity contribution is 0.297. The summed E-state index contributed by atoms with van der Waals surface area (Å²) >= 11 is 0. The maximum atomic E-state index is 9.22. The minimum atomic E-state index is 0.191. The van der Waals surface area contributed by atoms with Gasteiger partial charge in [-0.1, -0.05) is 18.9 Å². The monoisotopic (exact) mass is 249 g/mol. The Kier molecular flexibility index (Phi) is 4.96. The zero-order chi connectivity index (χ0) is 12.8. The van der Waals surface area contributed by atoms with Crippen LogP contribution in [0.4, 0.5) is 5.82 Å². The number of hydrogen-bond donors (Lipinski definition) is 2. The van der Waals surface area contributed by atoms with E-state index >= 15 is 0 Å². The molecule has 0 radical (unpaired) electrons. The largest absolute Gasteiger partial charge is 0.395 e. The summed E-state index contributed by atoms with van der Waals surface area (Å²) in [6, 6.07) is 4.73. The first-order valence-corrected chi connectivity index (χ1v) is 6.82. The van der Waals surface area contributed by atoms with Crippen LogP contribution in [0.3, 0.4) is 0 Å². The van der Waals surface area contributed by atoms with E-state index in [1.54, 1.807) is 0 Å². The van der Waals surface area contributed by atoms with E-state index in [0.717, 1.165) is 12.4 Å². The minimum absolute atomic E-state index is 0.191. The van der Waals surface area contributed by atoms with Crippen LogP contribution in [0.25, 0.3) is 0 Å². The van der Waals surface area contributed by atoms with Crippen molar-refractivity contribution in [3.05, 3.63) is 23.9 Å². The smallest absolute Gasteiger partial charge is 0.128 e. The fourth-order valence-electron chi connectivity index (χ4n) is 2.70. The number of aliphatic hydroxyl groups excluding tert-OH is 1. The molecule has 1 aromatic heterocycles. The van der Waals surface area contributed by atoms with Crippen molar-refractivity contribution in [1.82, 2.24) is 10.3 Å². The third kappa shape index (κ3) is 3.21. The number of anilines is 1. The van der Waals surface area contributed by atoms with Gasteiger partial charge < -0.3 is 15.3 Å². The SMILES string of the molecule is CNCc1ccc(N(CCO)C2CCCC2)nc1. The summed E-state index contributed by atoms with van der Waals surface area (Å²) in [5, 5.41) is 12.3. The van der Waals surface area contributed by atoms with Crippen LogP contribution < -0.4 is 10.2 Å². The first-order chi connectivity index (χ1) is 8.85. The van der Waals surface area contributed by atoms with Crippen LogP contribution in [0.2, 0.25) is 0 Å². The molecule has 0 spiro atoms. The summed E-state index contributed by atoms with van der Waals surface area (Å²) in [6.07, 6.45) is 6.96. The molecule has 1 aliphatic carbocycles. The normalized spacial score (nSPS) is 16.1. The van der Waals surface area contributed by atoms with Crippen LogP contribution in [0, 0.1) is 0 Å². The molecule has 0 bridgehead atoms. The van der Waals surface area contributed by atoms with Gasteiger partial charge in [-0.15, -0.1) is 0 Å². The summed E-state index contributed by atoms with van der Waals surface area (Å²) in [5.74, 6) is 0.996. The van der Waals surface area contributed by atoms with Crippen molar-refractivity contribution < 1.29 is 5.11 Å². The van der Waals surface area contributed by atoms with E-state index in [4.69, 9.17) is 0 Å². The van der Waals surface area contributed by atoms with E-state index in [0.29, 0.717) is 12.6 Å². The second kappa shape index (κ2) is 6.71. The van der Waals surface area contributed by atoms with Crippen LogP contribution in [-0.2, 0) is 6.54 Å². The minimum Gasteiger partial charge on any atom is -0.395 e. The molecule has 1 saturated carbocycles. The van der Waals surface area contributed by atoms with E-state index < -0.39 is 0 Å². The Morgan fingerprint density at radius 3 is 2.72 bits per heavy atom. The van der Waals surface area contributed by atoms with Crippen LogP contribution in [0.1, 0.15) is 31.2 Å². The first-order valence-electron chi connectivity index (χ1n) is 6.82. The number of rotatable bonds is 6. The van der Waals surface area contributed by atoms with Gasteiger partial charge in [0.2, 0.25) is 0 Å². The average Bonchev–Trinajstić information content (AvgIpc) is 2.91. The Hall–Kier alpha value is -1.13. The lowest BCUT2D eigenvalue weighted by Gasteiger charge is -2.29. The van der Waals surface area contributed by atoms with E-state index in [2.05, 4.69) is 27.3 Å². The molecule has 2 rings (SSSR count). The molecule has 0 atom stereocenters. The second-order valence-electron chi connectivity index (χ2n) is 4.91. The summed E-state index contributed by atoms with van der Waals surface area (Å²) in [7, 11) is 1.94. The predicted molar refractivity (Wildman–Crippen MR) is 73.7 cm³/mol. The number of aliphatic hydroxyl groups is 1. The fraction of sp³-hybridized carbons (Fsp3) is 0.643. The Labute approximate surface area is 109 Å². The molecule has 1 fully saturated rings. The van der Waals surface area contributed by atoms with Crippen molar-refractivity contribution in [2.75, 3.05) is 25.1 Å². The van der Waals surface area contributed by atoms with Gasteiger partial charge in [0.25, 0.3) is 0 Å². The molecule has 1 aliphatic rings. The number of nitrogens with one attached hydrogen (secondary N) is 1. The number of nitrogens with zero attached hydrogens (tertiary/aromatic N) is 2. The summed E-state index contributed by atoms with van der Waals surface area (Å²) in [6.45, 7) is 1.72. The summed E-state index contributed by atoms with van der Waals surface area (Å²) in [4.78, 5) is 6.80. The van der Waals surface area contributed by atoms with E-state index in [-0.39, 0.29) is 6.61 Å². The molecule has 4 nitrogen and oxygen atoms in total. The van der Waals surface area contributed by atoms with Gasteiger partial charge in [-0.2, -0.15) is 0 Å². The van der Waals surface area contributed by atoms with Gasteiger partial charge in [0.05, 0.1) is 6.61 Å². The zero-order valence-electron chi connectivity index (χ0n) is 11.1. The Morgan fingerprint density at radius 1 is 1.39 bits per heavy atom. The standard InChI is InChI=1S/C14H23N3O/c1-15-10-12-6-7-14(16-11-12)17(8-9-18)13-4-2-3-5-13/h6-7,11,13,15,18H,2-5,8-10H2,1H3. The van der Waals surface area contributed by atoms with Gasteiger partial charge in [0.1, 0.15) is 5.82 Å². The zero-order valence-corrected chi connectivity index (χ0v) is 11.1. The third-order valence-corrected chi connectivity index (χ3v) is 3.59. The molecule has 2 N–H and O–H groups in total. The molecule has 0 amide bonds. The van der Waals surface area contributed by atoms with Crippen molar-refractivity contribution >= 4 is 5.82 Å². The van der Waals surface area contributed by atoms with E-state index in [9.17, 15) is 5.11 Å². The number of aromatic nitrogens is 1. The molecular weight excluding hydrogens is 226 g/mol. The highest BCUT2D eigenvalue weighted by atomic mass is 16.3. The van der Waals surface area contributed by atoms with E-state index in [1.165, 1.54) is 31.2 Å².